The van der Waals surface area contributed by atoms with Crippen LogP contribution < -0.4 is 5.32 Å². The number of carbonyl (C=O) groups is 3. The zero-order valence-corrected chi connectivity index (χ0v) is 15.6. The van der Waals surface area contributed by atoms with Gasteiger partial charge in [-0.25, -0.2) is 8.78 Å². The van der Waals surface area contributed by atoms with Crippen LogP contribution in [0.3, 0.4) is 0 Å². The molecule has 3 rings (SSSR count). The van der Waals surface area contributed by atoms with Crippen molar-refractivity contribution in [1.29, 1.82) is 0 Å². The van der Waals surface area contributed by atoms with Crippen LogP contribution >= 0.6 is 11.3 Å². The quantitative estimate of drug-likeness (QED) is 0.772. The minimum absolute atomic E-state index is 0.0532. The summed E-state index contributed by atoms with van der Waals surface area (Å²) in [7, 11) is 0. The highest BCUT2D eigenvalue weighted by Gasteiger charge is 2.29. The van der Waals surface area contributed by atoms with E-state index in [4.69, 9.17) is 4.74 Å². The Hall–Kier alpha value is -2.81. The second kappa shape index (κ2) is 8.92. The Kier molecular flexibility index (Phi) is 6.35. The second-order valence-electron chi connectivity index (χ2n) is 6.32. The summed E-state index contributed by atoms with van der Waals surface area (Å²) in [5.41, 5.74) is -0.192. The molecule has 148 valence electrons. The van der Waals surface area contributed by atoms with Crippen molar-refractivity contribution in [2.24, 2.45) is 5.92 Å². The second-order valence-corrected chi connectivity index (χ2v) is 7.27. The largest absolute Gasteiger partial charge is 0.455 e. The number of thiophene rings is 1. The van der Waals surface area contributed by atoms with Crippen LogP contribution in [0, 0.1) is 17.6 Å². The van der Waals surface area contributed by atoms with Gasteiger partial charge in [-0.3, -0.25) is 14.4 Å². The van der Waals surface area contributed by atoms with Gasteiger partial charge in [-0.2, -0.15) is 0 Å². The number of ether oxygens (including phenoxy) is 1. The van der Waals surface area contributed by atoms with E-state index in [0.717, 1.165) is 12.1 Å². The third kappa shape index (κ3) is 4.92. The number of rotatable bonds is 5. The highest BCUT2D eigenvalue weighted by molar-refractivity contribution is 7.12. The van der Waals surface area contributed by atoms with E-state index in [1.165, 1.54) is 11.3 Å². The average Bonchev–Trinajstić information content (AvgIpc) is 3.22. The lowest BCUT2D eigenvalue weighted by molar-refractivity contribution is -0.152. The summed E-state index contributed by atoms with van der Waals surface area (Å²) >= 11 is 1.37. The lowest BCUT2D eigenvalue weighted by Crippen LogP contribution is -2.40. The van der Waals surface area contributed by atoms with Crippen molar-refractivity contribution in [2.75, 3.05) is 25.0 Å². The van der Waals surface area contributed by atoms with Crippen LogP contribution in [0.2, 0.25) is 0 Å². The van der Waals surface area contributed by atoms with E-state index in [1.54, 1.807) is 11.0 Å². The molecule has 1 N–H and O–H groups in total. The molecule has 2 aromatic rings. The van der Waals surface area contributed by atoms with Gasteiger partial charge in [0.15, 0.2) is 6.61 Å². The van der Waals surface area contributed by atoms with Crippen molar-refractivity contribution < 1.29 is 27.9 Å². The van der Waals surface area contributed by atoms with Gasteiger partial charge in [-0.05, 0) is 36.4 Å². The van der Waals surface area contributed by atoms with Crippen molar-refractivity contribution in [3.05, 3.63) is 52.2 Å². The first-order valence-electron chi connectivity index (χ1n) is 8.68. The number of benzene rings is 1. The number of piperidine rings is 1. The summed E-state index contributed by atoms with van der Waals surface area (Å²) in [6.07, 6.45) is 0.897. The molecule has 0 saturated carbocycles. The van der Waals surface area contributed by atoms with Gasteiger partial charge in [0.05, 0.1) is 16.5 Å². The Morgan fingerprint density at radius 2 is 1.93 bits per heavy atom. The predicted octanol–water partition coefficient (Wildman–Crippen LogP) is 3.06. The molecule has 0 atom stereocenters. The minimum atomic E-state index is -0.914. The Bertz CT molecular complexity index is 865. The van der Waals surface area contributed by atoms with E-state index >= 15 is 0 Å². The fourth-order valence-electron chi connectivity index (χ4n) is 2.91. The molecule has 1 fully saturated rings. The minimum Gasteiger partial charge on any atom is -0.455 e. The third-order valence-corrected chi connectivity index (χ3v) is 5.26. The molecule has 1 saturated heterocycles. The van der Waals surface area contributed by atoms with Gasteiger partial charge in [0, 0.05) is 19.2 Å². The maximum Gasteiger partial charge on any atom is 0.309 e. The van der Waals surface area contributed by atoms with Crippen molar-refractivity contribution >= 4 is 34.8 Å². The maximum atomic E-state index is 13.5. The van der Waals surface area contributed by atoms with E-state index in [2.05, 4.69) is 5.32 Å². The molecular formula is C19H18F2N2O4S. The maximum absolute atomic E-state index is 13.5. The van der Waals surface area contributed by atoms with Crippen LogP contribution in [0.4, 0.5) is 14.5 Å². The van der Waals surface area contributed by atoms with Gasteiger partial charge < -0.3 is 15.0 Å². The van der Waals surface area contributed by atoms with Crippen LogP contribution in [-0.4, -0.2) is 42.4 Å². The number of anilines is 1. The first-order chi connectivity index (χ1) is 13.4. The Morgan fingerprint density at radius 3 is 2.57 bits per heavy atom. The summed E-state index contributed by atoms with van der Waals surface area (Å²) in [6.45, 7) is 0.303. The molecule has 0 radical (unpaired) electrons. The number of carbonyl (C=O) groups excluding carboxylic acids is 3. The SMILES string of the molecule is O=C(COC(=O)C1CCN(C(=O)c2cccs2)CC1)Nc1ccc(F)cc1F. The molecule has 28 heavy (non-hydrogen) atoms. The summed E-state index contributed by atoms with van der Waals surface area (Å²) in [5.74, 6) is -3.37. The Morgan fingerprint density at radius 1 is 1.18 bits per heavy atom. The van der Waals surface area contributed by atoms with E-state index in [9.17, 15) is 23.2 Å². The van der Waals surface area contributed by atoms with E-state index in [-0.39, 0.29) is 11.6 Å². The highest BCUT2D eigenvalue weighted by atomic mass is 32.1. The lowest BCUT2D eigenvalue weighted by Gasteiger charge is -2.30. The average molecular weight is 408 g/mol. The summed E-state index contributed by atoms with van der Waals surface area (Å²) in [4.78, 5) is 38.6. The Balaban J connectivity index is 1.43. The molecule has 0 aliphatic carbocycles. The zero-order valence-electron chi connectivity index (χ0n) is 14.8. The van der Waals surface area contributed by atoms with Crippen molar-refractivity contribution in [2.45, 2.75) is 12.8 Å². The van der Waals surface area contributed by atoms with Crippen molar-refractivity contribution in [3.8, 4) is 0 Å². The molecule has 0 bridgehead atoms. The van der Waals surface area contributed by atoms with Crippen LogP contribution in [0.25, 0.3) is 0 Å². The molecular weight excluding hydrogens is 390 g/mol. The van der Waals surface area contributed by atoms with E-state index in [0.29, 0.717) is 36.9 Å². The number of halogens is 2. The fraction of sp³-hybridized carbons (Fsp3) is 0.316. The van der Waals surface area contributed by atoms with Gasteiger partial charge in [-0.1, -0.05) is 6.07 Å². The molecule has 1 aliphatic heterocycles. The van der Waals surface area contributed by atoms with Crippen LogP contribution in [0.15, 0.2) is 35.7 Å². The highest BCUT2D eigenvalue weighted by Crippen LogP contribution is 2.22. The molecule has 0 spiro atoms. The summed E-state index contributed by atoms with van der Waals surface area (Å²) < 4.78 is 31.4. The van der Waals surface area contributed by atoms with Crippen LogP contribution in [0.1, 0.15) is 22.5 Å². The molecule has 1 aromatic heterocycles. The van der Waals surface area contributed by atoms with Crippen molar-refractivity contribution in [1.82, 2.24) is 4.90 Å². The number of nitrogens with zero attached hydrogens (tertiary/aromatic N) is 1. The number of esters is 1. The summed E-state index contributed by atoms with van der Waals surface area (Å²) in [5, 5.41) is 4.06. The third-order valence-electron chi connectivity index (χ3n) is 4.40. The van der Waals surface area contributed by atoms with Gasteiger partial charge in [0.2, 0.25) is 0 Å². The molecule has 2 amide bonds. The zero-order chi connectivity index (χ0) is 20.1. The number of nitrogens with one attached hydrogen (secondary N) is 1. The normalized spacial score (nSPS) is 14.6. The Labute approximate surface area is 164 Å². The molecule has 6 nitrogen and oxygen atoms in total. The van der Waals surface area contributed by atoms with Crippen LogP contribution in [0.5, 0.6) is 0 Å². The van der Waals surface area contributed by atoms with Gasteiger partial charge in [-0.15, -0.1) is 11.3 Å². The van der Waals surface area contributed by atoms with E-state index < -0.39 is 36.0 Å². The number of hydrogen-bond donors (Lipinski definition) is 1. The lowest BCUT2D eigenvalue weighted by atomic mass is 9.97. The molecule has 9 heteroatoms. The van der Waals surface area contributed by atoms with Crippen molar-refractivity contribution in [3.63, 3.8) is 0 Å². The first-order valence-corrected chi connectivity index (χ1v) is 9.56. The first kappa shape index (κ1) is 19.9. The van der Waals surface area contributed by atoms with Gasteiger partial charge in [0.25, 0.3) is 11.8 Å². The fourth-order valence-corrected chi connectivity index (χ4v) is 3.60. The number of likely N-dealkylation sites (tertiary alicyclic amines) is 1. The van der Waals surface area contributed by atoms with Crippen LogP contribution in [-0.2, 0) is 14.3 Å². The topological polar surface area (TPSA) is 75.7 Å². The predicted molar refractivity (Wildman–Crippen MR) is 98.9 cm³/mol. The molecule has 0 unspecified atom stereocenters. The standard InChI is InChI=1S/C19H18F2N2O4S/c20-13-3-4-15(14(21)10-13)22-17(24)11-27-19(26)12-5-7-23(8-6-12)18(25)16-2-1-9-28-16/h1-4,9-10,12H,5-8,11H2,(H,22,24). The molecule has 1 aromatic carbocycles. The summed E-state index contributed by atoms with van der Waals surface area (Å²) in [6, 6.07) is 6.31. The van der Waals surface area contributed by atoms with Gasteiger partial charge >= 0.3 is 5.97 Å². The molecule has 2 heterocycles. The monoisotopic (exact) mass is 408 g/mol. The molecule has 1 aliphatic rings. The van der Waals surface area contributed by atoms with Gasteiger partial charge in [0.1, 0.15) is 11.6 Å². The smallest absolute Gasteiger partial charge is 0.309 e. The number of amides is 2. The number of hydrogen-bond acceptors (Lipinski definition) is 5. The van der Waals surface area contributed by atoms with E-state index in [1.807, 2.05) is 11.4 Å².